The van der Waals surface area contributed by atoms with E-state index in [1.54, 1.807) is 11.7 Å². The number of rotatable bonds is 2. The Morgan fingerprint density at radius 3 is 3.18 bits per heavy atom. The van der Waals surface area contributed by atoms with Crippen molar-refractivity contribution in [3.63, 3.8) is 0 Å². The summed E-state index contributed by atoms with van der Waals surface area (Å²) < 4.78 is 5.23. The van der Waals surface area contributed by atoms with Crippen LogP contribution in [-0.4, -0.2) is 15.1 Å². The van der Waals surface area contributed by atoms with Gasteiger partial charge in [0.2, 0.25) is 5.82 Å². The van der Waals surface area contributed by atoms with Crippen LogP contribution in [0, 0.1) is 5.92 Å². The highest BCUT2D eigenvalue weighted by molar-refractivity contribution is 7.13. The molecular weight excluding hydrogens is 234 g/mol. The van der Waals surface area contributed by atoms with Crippen LogP contribution in [0.3, 0.4) is 0 Å². The first-order chi connectivity index (χ1) is 8.31. The van der Waals surface area contributed by atoms with Gasteiger partial charge in [0.15, 0.2) is 0 Å². The minimum atomic E-state index is 0.609. The Bertz CT molecular complexity index is 530. The van der Waals surface area contributed by atoms with E-state index in [1.165, 1.54) is 23.3 Å². The number of hydrogen-bond donors (Lipinski definition) is 0. The third kappa shape index (κ3) is 2.29. The van der Waals surface area contributed by atoms with E-state index in [1.807, 2.05) is 6.08 Å². The normalized spacial score (nSPS) is 22.4. The van der Waals surface area contributed by atoms with Gasteiger partial charge in [-0.3, -0.25) is 4.98 Å². The maximum atomic E-state index is 5.23. The lowest BCUT2D eigenvalue weighted by Crippen LogP contribution is -1.81. The molecule has 1 aliphatic carbocycles. The minimum Gasteiger partial charge on any atom is -0.334 e. The third-order valence-corrected chi connectivity index (χ3v) is 3.76. The second kappa shape index (κ2) is 4.41. The van der Waals surface area contributed by atoms with Crippen LogP contribution < -0.4 is 0 Å². The smallest absolute Gasteiger partial charge is 0.250 e. The van der Waals surface area contributed by atoms with Gasteiger partial charge in [-0.2, -0.15) is 4.98 Å². The summed E-state index contributed by atoms with van der Waals surface area (Å²) in [7, 11) is 0. The molecule has 0 bridgehead atoms. The summed E-state index contributed by atoms with van der Waals surface area (Å²) in [6, 6.07) is 0. The molecule has 4 nitrogen and oxygen atoms in total. The zero-order valence-electron chi connectivity index (χ0n) is 9.59. The van der Waals surface area contributed by atoms with Gasteiger partial charge >= 0.3 is 0 Å². The van der Waals surface area contributed by atoms with E-state index in [4.69, 9.17) is 4.52 Å². The van der Waals surface area contributed by atoms with Crippen molar-refractivity contribution in [2.45, 2.75) is 26.2 Å². The quantitative estimate of drug-likeness (QED) is 0.816. The predicted molar refractivity (Wildman–Crippen MR) is 66.4 cm³/mol. The fourth-order valence-corrected chi connectivity index (χ4v) is 2.65. The minimum absolute atomic E-state index is 0.609. The van der Waals surface area contributed by atoms with Gasteiger partial charge in [-0.1, -0.05) is 17.7 Å². The first-order valence-corrected chi connectivity index (χ1v) is 6.61. The van der Waals surface area contributed by atoms with Crippen molar-refractivity contribution in [2.24, 2.45) is 5.92 Å². The summed E-state index contributed by atoms with van der Waals surface area (Å²) in [5, 5.41) is 3.96. The lowest BCUT2D eigenvalue weighted by molar-refractivity contribution is 0.411. The molecule has 2 aromatic heterocycles. The highest BCUT2D eigenvalue weighted by Gasteiger charge is 2.16. The second-order valence-electron chi connectivity index (χ2n) is 4.47. The maximum absolute atomic E-state index is 5.23. The highest BCUT2D eigenvalue weighted by Crippen LogP contribution is 2.31. The van der Waals surface area contributed by atoms with Crippen molar-refractivity contribution in [1.82, 2.24) is 15.1 Å². The van der Waals surface area contributed by atoms with Gasteiger partial charge in [0, 0.05) is 12.3 Å². The van der Waals surface area contributed by atoms with Crippen LogP contribution in [0.4, 0.5) is 0 Å². The van der Waals surface area contributed by atoms with Crippen molar-refractivity contribution in [3.05, 3.63) is 23.2 Å². The molecule has 0 N–H and O–H groups in total. The van der Waals surface area contributed by atoms with Crippen LogP contribution in [0.25, 0.3) is 16.8 Å². The summed E-state index contributed by atoms with van der Waals surface area (Å²) in [4.78, 5) is 9.30. The van der Waals surface area contributed by atoms with Crippen molar-refractivity contribution in [1.29, 1.82) is 0 Å². The molecular formula is C12H13N3OS. The van der Waals surface area contributed by atoms with E-state index in [0.717, 1.165) is 23.6 Å². The van der Waals surface area contributed by atoms with Crippen molar-refractivity contribution in [2.75, 3.05) is 0 Å². The standard InChI is InChI=1S/C12H13N3OS/c1-8-2-3-9(4-8)5-11-14-12(15-16-11)10-6-13-7-17-10/h5-8H,2-4H2,1H3/b9-5-. The summed E-state index contributed by atoms with van der Waals surface area (Å²) in [5.41, 5.74) is 3.18. The predicted octanol–water partition coefficient (Wildman–Crippen LogP) is 3.40. The monoisotopic (exact) mass is 247 g/mol. The molecule has 1 atom stereocenters. The SMILES string of the molecule is CC1CC/C(=C/c2nc(-c3cncs3)no2)C1. The number of aromatic nitrogens is 3. The Kier molecular flexibility index (Phi) is 2.76. The van der Waals surface area contributed by atoms with Crippen LogP contribution in [0.15, 0.2) is 21.8 Å². The fraction of sp³-hybridized carbons (Fsp3) is 0.417. The van der Waals surface area contributed by atoms with Crippen LogP contribution in [-0.2, 0) is 0 Å². The molecule has 0 aliphatic heterocycles. The van der Waals surface area contributed by atoms with Gasteiger partial charge in [-0.25, -0.2) is 0 Å². The summed E-state index contributed by atoms with van der Waals surface area (Å²) in [5.74, 6) is 2.02. The Labute approximate surface area is 103 Å². The van der Waals surface area contributed by atoms with Gasteiger partial charge in [-0.05, 0) is 25.2 Å². The first-order valence-electron chi connectivity index (χ1n) is 5.73. The summed E-state index contributed by atoms with van der Waals surface area (Å²) in [6.45, 7) is 2.28. The zero-order valence-corrected chi connectivity index (χ0v) is 10.4. The van der Waals surface area contributed by atoms with Crippen molar-refractivity contribution < 1.29 is 4.52 Å². The summed E-state index contributed by atoms with van der Waals surface area (Å²) >= 11 is 1.52. The van der Waals surface area contributed by atoms with E-state index < -0.39 is 0 Å². The molecule has 1 aliphatic rings. The van der Waals surface area contributed by atoms with E-state index in [9.17, 15) is 0 Å². The number of thiazole rings is 1. The third-order valence-electron chi connectivity index (χ3n) is 2.99. The van der Waals surface area contributed by atoms with E-state index in [0.29, 0.717) is 11.7 Å². The van der Waals surface area contributed by atoms with E-state index in [-0.39, 0.29) is 0 Å². The van der Waals surface area contributed by atoms with Crippen LogP contribution in [0.2, 0.25) is 0 Å². The Morgan fingerprint density at radius 1 is 1.53 bits per heavy atom. The maximum Gasteiger partial charge on any atom is 0.250 e. The average molecular weight is 247 g/mol. The molecule has 17 heavy (non-hydrogen) atoms. The second-order valence-corrected chi connectivity index (χ2v) is 5.36. The lowest BCUT2D eigenvalue weighted by atomic mass is 10.1. The average Bonchev–Trinajstić information content (AvgIpc) is 3.00. The Balaban J connectivity index is 1.81. The van der Waals surface area contributed by atoms with Gasteiger partial charge in [0.25, 0.3) is 5.89 Å². The Morgan fingerprint density at radius 2 is 2.47 bits per heavy atom. The molecule has 2 aromatic rings. The van der Waals surface area contributed by atoms with Crippen molar-refractivity contribution >= 4 is 17.4 Å². The lowest BCUT2D eigenvalue weighted by Gasteiger charge is -1.94. The van der Waals surface area contributed by atoms with Gasteiger partial charge in [0.1, 0.15) is 0 Å². The fourth-order valence-electron chi connectivity index (χ4n) is 2.11. The number of allylic oxidation sites excluding steroid dienone is 1. The van der Waals surface area contributed by atoms with Gasteiger partial charge in [-0.15, -0.1) is 11.3 Å². The molecule has 0 aromatic carbocycles. The van der Waals surface area contributed by atoms with Gasteiger partial charge in [0.05, 0.1) is 10.4 Å². The molecule has 3 rings (SSSR count). The van der Waals surface area contributed by atoms with Crippen LogP contribution in [0.5, 0.6) is 0 Å². The molecule has 0 amide bonds. The molecule has 1 unspecified atom stereocenters. The summed E-state index contributed by atoms with van der Waals surface area (Å²) in [6.07, 6.45) is 7.35. The topological polar surface area (TPSA) is 51.8 Å². The molecule has 0 spiro atoms. The molecule has 88 valence electrons. The van der Waals surface area contributed by atoms with Crippen LogP contribution >= 0.6 is 11.3 Å². The number of hydrogen-bond acceptors (Lipinski definition) is 5. The number of nitrogens with zero attached hydrogens (tertiary/aromatic N) is 3. The molecule has 1 saturated carbocycles. The Hall–Kier alpha value is -1.49. The first kappa shape index (κ1) is 10.7. The van der Waals surface area contributed by atoms with E-state index in [2.05, 4.69) is 22.0 Å². The largest absolute Gasteiger partial charge is 0.334 e. The molecule has 0 saturated heterocycles. The molecule has 1 fully saturated rings. The zero-order chi connectivity index (χ0) is 11.7. The highest BCUT2D eigenvalue weighted by atomic mass is 32.1. The molecule has 2 heterocycles. The molecule has 5 heteroatoms. The van der Waals surface area contributed by atoms with Crippen LogP contribution in [0.1, 0.15) is 32.1 Å². The molecule has 0 radical (unpaired) electrons. The van der Waals surface area contributed by atoms with Gasteiger partial charge < -0.3 is 4.52 Å². The van der Waals surface area contributed by atoms with Crippen molar-refractivity contribution in [3.8, 4) is 10.7 Å². The van der Waals surface area contributed by atoms with E-state index >= 15 is 0 Å².